The second-order valence-electron chi connectivity index (χ2n) is 11.1. The molecule has 7 heteroatoms. The van der Waals surface area contributed by atoms with Crippen molar-refractivity contribution >= 4 is 0 Å². The van der Waals surface area contributed by atoms with E-state index in [0.29, 0.717) is 12.0 Å². The number of rotatable bonds is 11. The molecule has 3 atom stereocenters. The number of nitrogens with zero attached hydrogens (tertiary/aromatic N) is 6. The van der Waals surface area contributed by atoms with Gasteiger partial charge in [-0.05, 0) is 64.4 Å². The van der Waals surface area contributed by atoms with Crippen molar-refractivity contribution in [3.63, 3.8) is 0 Å². The van der Waals surface area contributed by atoms with E-state index < -0.39 is 0 Å². The molecule has 3 aliphatic rings. The zero-order chi connectivity index (χ0) is 25.1. The Bertz CT molecular complexity index is 1030. The van der Waals surface area contributed by atoms with E-state index in [4.69, 9.17) is 9.97 Å². The highest BCUT2D eigenvalue weighted by Crippen LogP contribution is 2.54. The summed E-state index contributed by atoms with van der Waals surface area (Å²) < 4.78 is 2.53. The summed E-state index contributed by atoms with van der Waals surface area (Å²) in [6, 6.07) is 4.68. The van der Waals surface area contributed by atoms with Crippen LogP contribution >= 0.6 is 0 Å². The van der Waals surface area contributed by atoms with Gasteiger partial charge in [-0.2, -0.15) is 0 Å². The number of imidazole rings is 1. The van der Waals surface area contributed by atoms with Crippen LogP contribution in [0.5, 0.6) is 0 Å². The first kappa shape index (κ1) is 25.6. The van der Waals surface area contributed by atoms with E-state index in [-0.39, 0.29) is 7.09 Å². The van der Waals surface area contributed by atoms with E-state index in [1.165, 1.54) is 41.9 Å². The Kier molecular flexibility index (Phi) is 7.91. The van der Waals surface area contributed by atoms with E-state index in [0.717, 1.165) is 65.1 Å². The molecule has 0 radical (unpaired) electrons. The monoisotopic (exact) mass is 493 g/mol. The predicted octanol–water partition coefficient (Wildman–Crippen LogP) is 4.03. The SMILES string of the molecule is C=CC1CC1(N1CCN(C)CC1)n1cnc(CN(C)[C@H]2CCCc3cccnc32)c1CNCCCC.[HH]. The molecule has 2 aliphatic carbocycles. The average molecular weight is 494 g/mol. The van der Waals surface area contributed by atoms with Gasteiger partial charge in [-0.3, -0.25) is 14.8 Å². The molecular formula is C29H47N7. The van der Waals surface area contributed by atoms with Gasteiger partial charge in [0.05, 0.1) is 29.5 Å². The van der Waals surface area contributed by atoms with Crippen molar-refractivity contribution in [2.75, 3.05) is 46.8 Å². The number of hydrogen-bond acceptors (Lipinski definition) is 6. The summed E-state index contributed by atoms with van der Waals surface area (Å²) in [7, 11) is 4.48. The highest BCUT2D eigenvalue weighted by Gasteiger charge is 2.59. The lowest BCUT2D eigenvalue weighted by atomic mass is 9.91. The zero-order valence-corrected chi connectivity index (χ0v) is 22.6. The van der Waals surface area contributed by atoms with E-state index >= 15 is 0 Å². The van der Waals surface area contributed by atoms with Crippen molar-refractivity contribution in [1.82, 2.24) is 34.6 Å². The van der Waals surface area contributed by atoms with Crippen molar-refractivity contribution in [2.24, 2.45) is 5.92 Å². The average Bonchev–Trinajstić information content (AvgIpc) is 3.52. The standard InChI is InChI=1S/C29H45N7.H2/c1-5-7-13-30-20-27-25(21-34(4)26-12-8-10-23-11-9-14-31-28(23)26)32-22-36(27)29(19-24(29)6-2)35-17-15-33(3)16-18-35;/h6,9,11,14,22,24,26,30H,2,5,7-8,10,12-13,15-21H2,1,3-4H3;1H/t24?,26-,29?;/m0./s1. The number of unbranched alkanes of at least 4 members (excludes halogenated alkanes) is 1. The van der Waals surface area contributed by atoms with Crippen LogP contribution < -0.4 is 5.32 Å². The van der Waals surface area contributed by atoms with Crippen LogP contribution in [-0.2, 0) is 25.2 Å². The molecule has 0 bridgehead atoms. The fraction of sp³-hybridized carbons (Fsp3) is 0.655. The highest BCUT2D eigenvalue weighted by molar-refractivity contribution is 5.27. The van der Waals surface area contributed by atoms with Gasteiger partial charge in [-0.15, -0.1) is 6.58 Å². The maximum atomic E-state index is 5.08. The lowest BCUT2D eigenvalue weighted by Gasteiger charge is -2.40. The number of fused-ring (bicyclic) bond motifs is 1. The van der Waals surface area contributed by atoms with Gasteiger partial charge in [0.15, 0.2) is 0 Å². The first-order chi connectivity index (χ1) is 17.6. The van der Waals surface area contributed by atoms with Gasteiger partial charge in [0.2, 0.25) is 0 Å². The summed E-state index contributed by atoms with van der Waals surface area (Å²) in [4.78, 5) is 17.5. The van der Waals surface area contributed by atoms with Gasteiger partial charge in [-0.1, -0.05) is 25.5 Å². The Morgan fingerprint density at radius 2 is 2.11 bits per heavy atom. The van der Waals surface area contributed by atoms with Crippen LogP contribution in [0.15, 0.2) is 37.3 Å². The van der Waals surface area contributed by atoms with Crippen LogP contribution in [0.4, 0.5) is 0 Å². The Labute approximate surface area is 219 Å². The lowest BCUT2D eigenvalue weighted by molar-refractivity contribution is 0.0492. The number of likely N-dealkylation sites (N-methyl/N-ethyl adjacent to an activating group) is 1. The molecule has 5 rings (SSSR count). The van der Waals surface area contributed by atoms with Gasteiger partial charge in [-0.25, -0.2) is 4.98 Å². The normalized spacial score (nSPS) is 26.8. The van der Waals surface area contributed by atoms with Crippen molar-refractivity contribution in [1.29, 1.82) is 0 Å². The lowest BCUT2D eigenvalue weighted by Crippen LogP contribution is -2.52. The Hall–Kier alpha value is -2.06. The molecular weight excluding hydrogens is 446 g/mol. The first-order valence-electron chi connectivity index (χ1n) is 14.0. The minimum Gasteiger partial charge on any atom is -0.313 e. The van der Waals surface area contributed by atoms with E-state index in [9.17, 15) is 0 Å². The molecule has 7 nitrogen and oxygen atoms in total. The van der Waals surface area contributed by atoms with Crippen molar-refractivity contribution < 1.29 is 1.43 Å². The van der Waals surface area contributed by atoms with Crippen LogP contribution in [0.1, 0.15) is 69.1 Å². The number of aromatic nitrogens is 3. The number of hydrogen-bond donors (Lipinski definition) is 1. The van der Waals surface area contributed by atoms with Gasteiger partial charge in [0, 0.05) is 52.8 Å². The van der Waals surface area contributed by atoms with Crippen LogP contribution in [-0.4, -0.2) is 76.1 Å². The number of nitrogens with one attached hydrogen (secondary N) is 1. The summed E-state index contributed by atoms with van der Waals surface area (Å²) >= 11 is 0. The first-order valence-corrected chi connectivity index (χ1v) is 14.0. The molecule has 1 N–H and O–H groups in total. The second-order valence-corrected chi connectivity index (χ2v) is 11.1. The molecule has 2 aromatic rings. The molecule has 0 amide bonds. The van der Waals surface area contributed by atoms with E-state index in [2.05, 4.69) is 76.7 Å². The fourth-order valence-electron chi connectivity index (χ4n) is 6.46. The predicted molar refractivity (Wildman–Crippen MR) is 148 cm³/mol. The van der Waals surface area contributed by atoms with Gasteiger partial charge >= 0.3 is 0 Å². The smallest absolute Gasteiger partial charge is 0.106 e. The van der Waals surface area contributed by atoms with Crippen LogP contribution in [0.25, 0.3) is 0 Å². The molecule has 1 saturated carbocycles. The maximum Gasteiger partial charge on any atom is 0.106 e. The van der Waals surface area contributed by atoms with Gasteiger partial charge < -0.3 is 14.8 Å². The minimum atomic E-state index is -0.00635. The second kappa shape index (κ2) is 11.1. The Morgan fingerprint density at radius 1 is 1.28 bits per heavy atom. The molecule has 1 aliphatic heterocycles. The Morgan fingerprint density at radius 3 is 2.86 bits per heavy atom. The van der Waals surface area contributed by atoms with Crippen molar-refractivity contribution in [3.05, 3.63) is 60.0 Å². The van der Waals surface area contributed by atoms with E-state index in [1.807, 2.05) is 6.20 Å². The summed E-state index contributed by atoms with van der Waals surface area (Å²) in [6.07, 6.45) is 13.3. The molecule has 2 aromatic heterocycles. The number of piperazine rings is 1. The summed E-state index contributed by atoms with van der Waals surface area (Å²) in [6.45, 7) is 13.6. The highest BCUT2D eigenvalue weighted by atomic mass is 15.4. The molecule has 2 fully saturated rings. The van der Waals surface area contributed by atoms with Crippen LogP contribution in [0.2, 0.25) is 0 Å². The van der Waals surface area contributed by atoms with Gasteiger partial charge in [0.1, 0.15) is 5.66 Å². The van der Waals surface area contributed by atoms with E-state index in [1.54, 1.807) is 0 Å². The molecule has 1 saturated heterocycles. The zero-order valence-electron chi connectivity index (χ0n) is 22.6. The third-order valence-corrected chi connectivity index (χ3v) is 8.76. The largest absolute Gasteiger partial charge is 0.313 e. The summed E-state index contributed by atoms with van der Waals surface area (Å²) in [5, 5.41) is 3.74. The number of aryl methyl sites for hydroxylation is 1. The van der Waals surface area contributed by atoms with Crippen LogP contribution in [0, 0.1) is 5.92 Å². The number of pyridine rings is 1. The molecule has 0 spiro atoms. The molecule has 3 heterocycles. The Balaban J connectivity index is 0.00000320. The van der Waals surface area contributed by atoms with Gasteiger partial charge in [0.25, 0.3) is 0 Å². The summed E-state index contributed by atoms with van der Waals surface area (Å²) in [5.41, 5.74) is 5.21. The molecule has 36 heavy (non-hydrogen) atoms. The van der Waals surface area contributed by atoms with Crippen LogP contribution in [0.3, 0.4) is 0 Å². The third-order valence-electron chi connectivity index (χ3n) is 8.76. The minimum absolute atomic E-state index is 0. The quantitative estimate of drug-likeness (QED) is 0.377. The third kappa shape index (κ3) is 4.91. The molecule has 0 aromatic carbocycles. The molecule has 198 valence electrons. The topological polar surface area (TPSA) is 52.5 Å². The molecule has 2 unspecified atom stereocenters. The fourth-order valence-corrected chi connectivity index (χ4v) is 6.46. The maximum absolute atomic E-state index is 5.08. The van der Waals surface area contributed by atoms with Crippen molar-refractivity contribution in [3.8, 4) is 0 Å². The summed E-state index contributed by atoms with van der Waals surface area (Å²) in [5.74, 6) is 0.476. The van der Waals surface area contributed by atoms with Crippen molar-refractivity contribution in [2.45, 2.75) is 70.2 Å².